The fourth-order valence-electron chi connectivity index (χ4n) is 4.27. The molecule has 1 aliphatic rings. The highest BCUT2D eigenvalue weighted by atomic mass is 15.4. The number of aromatic nitrogens is 2. The van der Waals surface area contributed by atoms with E-state index in [1.807, 2.05) is 49.5 Å². The van der Waals surface area contributed by atoms with E-state index in [0.29, 0.717) is 12.2 Å². The van der Waals surface area contributed by atoms with Crippen LogP contribution < -0.4 is 11.1 Å². The van der Waals surface area contributed by atoms with Gasteiger partial charge in [0.25, 0.3) is 0 Å². The molecule has 1 fully saturated rings. The number of pyridine rings is 1. The van der Waals surface area contributed by atoms with Gasteiger partial charge in [-0.05, 0) is 55.0 Å². The highest BCUT2D eigenvalue weighted by Gasteiger charge is 2.16. The molecule has 4 rings (SSSR count). The van der Waals surface area contributed by atoms with Crippen molar-refractivity contribution in [3.63, 3.8) is 0 Å². The third-order valence-electron chi connectivity index (χ3n) is 6.35. The Kier molecular flexibility index (Phi) is 7.54. The van der Waals surface area contributed by atoms with Crippen LogP contribution in [-0.4, -0.2) is 33.9 Å². The Morgan fingerprint density at radius 3 is 2.82 bits per heavy atom. The minimum Gasteiger partial charge on any atom is -0.397 e. The maximum absolute atomic E-state index is 7.69. The van der Waals surface area contributed by atoms with Crippen LogP contribution in [0.1, 0.15) is 48.6 Å². The molecule has 34 heavy (non-hydrogen) atoms. The third-order valence-corrected chi connectivity index (χ3v) is 6.35. The number of hydrogen-bond acceptors (Lipinski definition) is 6. The molecule has 3 aromatic rings. The molecule has 0 atom stereocenters. The molecule has 176 valence electrons. The Hall–Kier alpha value is -3.71. The van der Waals surface area contributed by atoms with Crippen molar-refractivity contribution in [3.8, 4) is 0 Å². The molecule has 1 aliphatic carbocycles. The van der Waals surface area contributed by atoms with Crippen molar-refractivity contribution in [2.75, 3.05) is 6.54 Å². The molecule has 0 unspecified atom stereocenters. The fraction of sp³-hybridized carbons (Fsp3) is 0.296. The molecule has 0 aliphatic heterocycles. The summed E-state index contributed by atoms with van der Waals surface area (Å²) in [7, 11) is 0. The molecule has 0 amide bonds. The van der Waals surface area contributed by atoms with Crippen LogP contribution in [0.3, 0.4) is 0 Å². The SMILES string of the molecule is C=NN(/C=C(N)/C(=C/C)c1ccccc1C=N)Cc1cn2cc(CNCC3CCC3)ccc2n1. The molecule has 7 heteroatoms. The van der Waals surface area contributed by atoms with Crippen LogP contribution in [0, 0.1) is 11.3 Å². The average molecular weight is 456 g/mol. The smallest absolute Gasteiger partial charge is 0.137 e. The Bertz CT molecular complexity index is 1220. The van der Waals surface area contributed by atoms with Gasteiger partial charge >= 0.3 is 0 Å². The highest BCUT2D eigenvalue weighted by Crippen LogP contribution is 2.25. The van der Waals surface area contributed by atoms with Gasteiger partial charge in [0.15, 0.2) is 0 Å². The number of rotatable bonds is 11. The van der Waals surface area contributed by atoms with Gasteiger partial charge in [0.1, 0.15) is 5.65 Å². The van der Waals surface area contributed by atoms with Gasteiger partial charge in [-0.25, -0.2) is 4.98 Å². The first-order chi connectivity index (χ1) is 16.6. The molecule has 7 nitrogen and oxygen atoms in total. The quantitative estimate of drug-likeness (QED) is 0.225. The van der Waals surface area contributed by atoms with E-state index >= 15 is 0 Å². The monoisotopic (exact) mass is 455 g/mol. The molecule has 1 aromatic carbocycles. The summed E-state index contributed by atoms with van der Waals surface area (Å²) in [5.74, 6) is 0.850. The zero-order chi connectivity index (χ0) is 23.9. The number of imidazole rings is 1. The van der Waals surface area contributed by atoms with Gasteiger partial charge in [-0.3, -0.25) is 5.01 Å². The van der Waals surface area contributed by atoms with Crippen molar-refractivity contribution in [1.29, 1.82) is 5.41 Å². The lowest BCUT2D eigenvalue weighted by Gasteiger charge is -2.25. The van der Waals surface area contributed by atoms with E-state index in [1.54, 1.807) is 11.2 Å². The van der Waals surface area contributed by atoms with Gasteiger partial charge < -0.3 is 20.9 Å². The first-order valence-corrected chi connectivity index (χ1v) is 11.8. The van der Waals surface area contributed by atoms with Crippen LogP contribution >= 0.6 is 0 Å². The molecule has 2 aromatic heterocycles. The fourth-order valence-corrected chi connectivity index (χ4v) is 4.27. The molecule has 2 heterocycles. The molecular weight excluding hydrogens is 422 g/mol. The van der Waals surface area contributed by atoms with Gasteiger partial charge in [0.2, 0.25) is 0 Å². The summed E-state index contributed by atoms with van der Waals surface area (Å²) < 4.78 is 2.06. The van der Waals surface area contributed by atoms with Crippen molar-refractivity contribution in [2.24, 2.45) is 16.8 Å². The van der Waals surface area contributed by atoms with E-state index in [1.165, 1.54) is 31.0 Å². The number of nitrogens with two attached hydrogens (primary N) is 1. The van der Waals surface area contributed by atoms with Crippen molar-refractivity contribution >= 4 is 24.2 Å². The van der Waals surface area contributed by atoms with Gasteiger partial charge in [-0.15, -0.1) is 0 Å². The van der Waals surface area contributed by atoms with Gasteiger partial charge in [0, 0.05) is 43.6 Å². The Morgan fingerprint density at radius 2 is 2.12 bits per heavy atom. The number of allylic oxidation sites excluding steroid dienone is 2. The number of hydrazone groups is 1. The van der Waals surface area contributed by atoms with E-state index in [9.17, 15) is 0 Å². The molecular formula is C27H33N7. The van der Waals surface area contributed by atoms with Crippen LogP contribution in [0.5, 0.6) is 0 Å². The predicted octanol–water partition coefficient (Wildman–Crippen LogP) is 4.54. The van der Waals surface area contributed by atoms with Crippen molar-refractivity contribution < 1.29 is 0 Å². The second kappa shape index (κ2) is 10.9. The predicted molar refractivity (Wildman–Crippen MR) is 140 cm³/mol. The Labute approximate surface area is 201 Å². The summed E-state index contributed by atoms with van der Waals surface area (Å²) in [6, 6.07) is 11.9. The number of benzene rings is 1. The van der Waals surface area contributed by atoms with E-state index in [4.69, 9.17) is 16.1 Å². The lowest BCUT2D eigenvalue weighted by atomic mass is 9.85. The number of fused-ring (bicyclic) bond motifs is 1. The highest BCUT2D eigenvalue weighted by molar-refractivity contribution is 5.90. The van der Waals surface area contributed by atoms with Crippen LogP contribution in [0.4, 0.5) is 0 Å². The maximum atomic E-state index is 7.69. The lowest BCUT2D eigenvalue weighted by molar-refractivity contribution is 0.301. The second-order valence-electron chi connectivity index (χ2n) is 8.72. The van der Waals surface area contributed by atoms with Crippen molar-refractivity contribution in [3.05, 3.63) is 89.1 Å². The molecule has 1 saturated carbocycles. The minimum atomic E-state index is 0.449. The largest absolute Gasteiger partial charge is 0.397 e. The summed E-state index contributed by atoms with van der Waals surface area (Å²) in [4.78, 5) is 4.73. The zero-order valence-corrected chi connectivity index (χ0v) is 19.7. The van der Waals surface area contributed by atoms with Gasteiger partial charge in [-0.2, -0.15) is 5.10 Å². The van der Waals surface area contributed by atoms with E-state index < -0.39 is 0 Å². The third kappa shape index (κ3) is 5.43. The molecule has 0 radical (unpaired) electrons. The van der Waals surface area contributed by atoms with E-state index in [0.717, 1.165) is 47.0 Å². The lowest BCUT2D eigenvalue weighted by Crippen LogP contribution is -2.26. The van der Waals surface area contributed by atoms with Crippen molar-refractivity contribution in [2.45, 2.75) is 39.3 Å². The second-order valence-corrected chi connectivity index (χ2v) is 8.72. The Balaban J connectivity index is 1.46. The van der Waals surface area contributed by atoms with Crippen LogP contribution in [0.15, 0.2) is 71.9 Å². The van der Waals surface area contributed by atoms with E-state index in [-0.39, 0.29) is 0 Å². The van der Waals surface area contributed by atoms with Crippen LogP contribution in [0.25, 0.3) is 11.2 Å². The van der Waals surface area contributed by atoms with Crippen LogP contribution in [-0.2, 0) is 13.1 Å². The number of nitrogens with one attached hydrogen (secondary N) is 2. The number of hydrogen-bond donors (Lipinski definition) is 3. The first kappa shape index (κ1) is 23.4. The van der Waals surface area contributed by atoms with Gasteiger partial charge in [0.05, 0.1) is 17.9 Å². The standard InChI is InChI=1S/C27H33N7/c1-3-24(25-10-5-4-9-22(25)13-28)26(29)19-34(30-2)18-23-17-33-16-21(11-12-27(33)32-23)15-31-14-20-7-6-8-20/h3-5,9-13,16-17,19-20,28,31H,2,6-8,14-15,18,29H2,1H3/b24-3+,26-19-,28-13?. The van der Waals surface area contributed by atoms with E-state index in [2.05, 4.69) is 33.8 Å². The summed E-state index contributed by atoms with van der Waals surface area (Å²) in [6.07, 6.45) is 13.3. The molecule has 0 spiro atoms. The topological polar surface area (TPSA) is 94.8 Å². The Morgan fingerprint density at radius 1 is 1.29 bits per heavy atom. The summed E-state index contributed by atoms with van der Waals surface area (Å²) in [5, 5.41) is 17.1. The minimum absolute atomic E-state index is 0.449. The first-order valence-electron chi connectivity index (χ1n) is 11.8. The average Bonchev–Trinajstić information content (AvgIpc) is 3.22. The molecule has 0 saturated heterocycles. The molecule has 4 N–H and O–H groups in total. The normalized spacial score (nSPS) is 14.7. The summed E-state index contributed by atoms with van der Waals surface area (Å²) in [5.41, 5.74) is 12.6. The maximum Gasteiger partial charge on any atom is 0.137 e. The summed E-state index contributed by atoms with van der Waals surface area (Å²) >= 11 is 0. The van der Waals surface area contributed by atoms with Crippen molar-refractivity contribution in [1.82, 2.24) is 19.7 Å². The number of nitrogens with zero attached hydrogens (tertiary/aromatic N) is 4. The zero-order valence-electron chi connectivity index (χ0n) is 19.7. The van der Waals surface area contributed by atoms with Gasteiger partial charge in [-0.1, -0.05) is 42.8 Å². The molecule has 0 bridgehead atoms. The summed E-state index contributed by atoms with van der Waals surface area (Å²) in [6.45, 7) is 8.05. The van der Waals surface area contributed by atoms with Crippen LogP contribution in [0.2, 0.25) is 0 Å².